The van der Waals surface area contributed by atoms with Gasteiger partial charge >= 0.3 is 0 Å². The molecule has 7 nitrogen and oxygen atoms in total. The van der Waals surface area contributed by atoms with Gasteiger partial charge in [0.25, 0.3) is 0 Å². The quantitative estimate of drug-likeness (QED) is 0.407. The number of likely N-dealkylation sites (tertiary alicyclic amines) is 1. The highest BCUT2D eigenvalue weighted by atomic mass is 127. The highest BCUT2D eigenvalue weighted by molar-refractivity contribution is 14.0. The maximum atomic E-state index is 4.67. The number of hydrogen-bond acceptors (Lipinski definition) is 4. The number of halogens is 1. The topological polar surface area (TPSA) is 69.8 Å². The largest absolute Gasteiger partial charge is 0.357 e. The lowest BCUT2D eigenvalue weighted by atomic mass is 9.99. The van der Waals surface area contributed by atoms with E-state index >= 15 is 0 Å². The van der Waals surface area contributed by atoms with Gasteiger partial charge in [-0.25, -0.2) is 4.99 Å². The monoisotopic (exact) mass is 457 g/mol. The van der Waals surface area contributed by atoms with Crippen LogP contribution in [-0.2, 0) is 6.54 Å². The van der Waals surface area contributed by atoms with Crippen molar-refractivity contribution in [1.29, 1.82) is 0 Å². The van der Waals surface area contributed by atoms with E-state index in [1.165, 1.54) is 19.4 Å². The summed E-state index contributed by atoms with van der Waals surface area (Å²) in [7, 11) is 2.20. The summed E-state index contributed by atoms with van der Waals surface area (Å²) in [6.07, 6.45) is 4.53. The molecule has 8 heteroatoms. The Labute approximate surface area is 166 Å². The van der Waals surface area contributed by atoms with E-state index in [0.717, 1.165) is 37.1 Å². The Morgan fingerprint density at radius 2 is 2.20 bits per heavy atom. The molecule has 0 spiro atoms. The molecular formula is C17H28IN7. The SMILES string of the molecule is CCNC(=NCc1nnc2ccccn12)NCC1CCCN(C)C1.I. The van der Waals surface area contributed by atoms with Gasteiger partial charge in [0.15, 0.2) is 17.4 Å². The normalized spacial score (nSPS) is 18.8. The molecule has 138 valence electrons. The van der Waals surface area contributed by atoms with Crippen LogP contribution >= 0.6 is 24.0 Å². The zero-order chi connectivity index (χ0) is 16.8. The van der Waals surface area contributed by atoms with Gasteiger partial charge in [0.2, 0.25) is 0 Å². The van der Waals surface area contributed by atoms with Crippen LogP contribution in [0.25, 0.3) is 5.65 Å². The van der Waals surface area contributed by atoms with Crippen LogP contribution in [0.1, 0.15) is 25.6 Å². The summed E-state index contributed by atoms with van der Waals surface area (Å²) >= 11 is 0. The number of pyridine rings is 1. The summed E-state index contributed by atoms with van der Waals surface area (Å²) in [4.78, 5) is 7.07. The zero-order valence-corrected chi connectivity index (χ0v) is 17.3. The van der Waals surface area contributed by atoms with Crippen LogP contribution in [0.3, 0.4) is 0 Å². The van der Waals surface area contributed by atoms with Crippen molar-refractivity contribution in [3.8, 4) is 0 Å². The van der Waals surface area contributed by atoms with Gasteiger partial charge in [0, 0.05) is 25.8 Å². The van der Waals surface area contributed by atoms with E-state index in [9.17, 15) is 0 Å². The fraction of sp³-hybridized carbons (Fsp3) is 0.588. The lowest BCUT2D eigenvalue weighted by Crippen LogP contribution is -2.43. The lowest BCUT2D eigenvalue weighted by Gasteiger charge is -2.30. The molecule has 1 aliphatic rings. The smallest absolute Gasteiger partial charge is 0.191 e. The predicted molar refractivity (Wildman–Crippen MR) is 111 cm³/mol. The van der Waals surface area contributed by atoms with Crippen molar-refractivity contribution in [3.05, 3.63) is 30.2 Å². The number of guanidine groups is 1. The number of piperidine rings is 1. The average molecular weight is 457 g/mol. The maximum Gasteiger partial charge on any atom is 0.191 e. The minimum Gasteiger partial charge on any atom is -0.357 e. The van der Waals surface area contributed by atoms with Crippen LogP contribution < -0.4 is 10.6 Å². The van der Waals surface area contributed by atoms with Gasteiger partial charge in [0.1, 0.15) is 6.54 Å². The average Bonchev–Trinajstić information content (AvgIpc) is 3.01. The first-order valence-electron chi connectivity index (χ1n) is 8.75. The number of nitrogens with zero attached hydrogens (tertiary/aromatic N) is 5. The first kappa shape index (κ1) is 19.9. The molecule has 0 amide bonds. The number of aromatic nitrogens is 3. The third kappa shape index (κ3) is 5.53. The number of fused-ring (bicyclic) bond motifs is 1. The molecule has 0 aliphatic carbocycles. The molecule has 0 aromatic carbocycles. The molecule has 0 saturated carbocycles. The van der Waals surface area contributed by atoms with E-state index in [-0.39, 0.29) is 24.0 Å². The van der Waals surface area contributed by atoms with Crippen LogP contribution in [0.2, 0.25) is 0 Å². The van der Waals surface area contributed by atoms with Gasteiger partial charge in [-0.3, -0.25) is 4.40 Å². The maximum absolute atomic E-state index is 4.67. The molecule has 2 aromatic heterocycles. The van der Waals surface area contributed by atoms with Crippen molar-refractivity contribution in [3.63, 3.8) is 0 Å². The van der Waals surface area contributed by atoms with Crippen molar-refractivity contribution < 1.29 is 0 Å². The number of hydrogen-bond donors (Lipinski definition) is 2. The van der Waals surface area contributed by atoms with Gasteiger partial charge in [-0.15, -0.1) is 34.2 Å². The van der Waals surface area contributed by atoms with E-state index in [2.05, 4.69) is 44.7 Å². The van der Waals surface area contributed by atoms with E-state index < -0.39 is 0 Å². The van der Waals surface area contributed by atoms with Gasteiger partial charge < -0.3 is 15.5 Å². The Bertz CT molecular complexity index is 684. The van der Waals surface area contributed by atoms with E-state index in [1.807, 2.05) is 28.8 Å². The molecule has 3 heterocycles. The molecule has 1 fully saturated rings. The van der Waals surface area contributed by atoms with E-state index in [1.54, 1.807) is 0 Å². The molecule has 1 atom stereocenters. The van der Waals surface area contributed by atoms with Crippen molar-refractivity contribution in [1.82, 2.24) is 30.1 Å². The highest BCUT2D eigenvalue weighted by Gasteiger charge is 2.17. The Balaban J connectivity index is 0.00000225. The Hall–Kier alpha value is -1.42. The van der Waals surface area contributed by atoms with E-state index in [0.29, 0.717) is 12.5 Å². The summed E-state index contributed by atoms with van der Waals surface area (Å²) in [6.45, 7) is 6.75. The fourth-order valence-corrected chi connectivity index (χ4v) is 3.17. The molecule has 1 unspecified atom stereocenters. The van der Waals surface area contributed by atoms with Gasteiger partial charge in [0.05, 0.1) is 0 Å². The van der Waals surface area contributed by atoms with Crippen LogP contribution in [0.15, 0.2) is 29.4 Å². The Morgan fingerprint density at radius 3 is 3.00 bits per heavy atom. The van der Waals surface area contributed by atoms with Crippen LogP contribution in [0.4, 0.5) is 0 Å². The first-order valence-corrected chi connectivity index (χ1v) is 8.75. The minimum atomic E-state index is 0. The second-order valence-electron chi connectivity index (χ2n) is 6.39. The molecular weight excluding hydrogens is 429 g/mol. The second kappa shape index (κ2) is 9.91. The number of nitrogens with one attached hydrogen (secondary N) is 2. The molecule has 25 heavy (non-hydrogen) atoms. The van der Waals surface area contributed by atoms with Gasteiger partial charge in [-0.2, -0.15) is 0 Å². The Morgan fingerprint density at radius 1 is 1.32 bits per heavy atom. The molecule has 0 bridgehead atoms. The first-order chi connectivity index (χ1) is 11.8. The summed E-state index contributed by atoms with van der Waals surface area (Å²) in [5.74, 6) is 2.38. The number of rotatable bonds is 5. The third-order valence-electron chi connectivity index (χ3n) is 4.39. The molecule has 3 rings (SSSR count). The molecule has 1 aliphatic heterocycles. The minimum absolute atomic E-state index is 0. The van der Waals surface area contributed by atoms with E-state index in [4.69, 9.17) is 0 Å². The zero-order valence-electron chi connectivity index (χ0n) is 15.0. The van der Waals surface area contributed by atoms with Crippen molar-refractivity contribution >= 4 is 35.6 Å². The predicted octanol–water partition coefficient (Wildman–Crippen LogP) is 1.74. The molecule has 1 saturated heterocycles. The van der Waals surface area contributed by atoms with Crippen molar-refractivity contribution in [2.45, 2.75) is 26.3 Å². The third-order valence-corrected chi connectivity index (χ3v) is 4.39. The summed E-state index contributed by atoms with van der Waals surface area (Å²) in [6, 6.07) is 5.89. The molecule has 2 N–H and O–H groups in total. The highest BCUT2D eigenvalue weighted by Crippen LogP contribution is 2.13. The summed E-state index contributed by atoms with van der Waals surface area (Å²) < 4.78 is 1.98. The standard InChI is InChI=1S/C17H27N7.HI/c1-3-18-17(19-11-14-7-6-9-23(2)13-14)20-12-16-22-21-15-8-4-5-10-24(15)16;/h4-5,8,10,14H,3,6-7,9,11-13H2,1-2H3,(H2,18,19,20);1H. The van der Waals surface area contributed by atoms with Crippen LogP contribution in [-0.4, -0.2) is 58.7 Å². The number of aliphatic imine (C=N–C) groups is 1. The summed E-state index contributed by atoms with van der Waals surface area (Å²) in [5.41, 5.74) is 0.853. The second-order valence-corrected chi connectivity index (χ2v) is 6.39. The van der Waals surface area contributed by atoms with Crippen LogP contribution in [0, 0.1) is 5.92 Å². The van der Waals surface area contributed by atoms with Crippen LogP contribution in [0.5, 0.6) is 0 Å². The fourth-order valence-electron chi connectivity index (χ4n) is 3.17. The van der Waals surface area contributed by atoms with Crippen molar-refractivity contribution in [2.75, 3.05) is 33.2 Å². The molecule has 2 aromatic rings. The van der Waals surface area contributed by atoms with Crippen molar-refractivity contribution in [2.24, 2.45) is 10.9 Å². The lowest BCUT2D eigenvalue weighted by molar-refractivity contribution is 0.210. The summed E-state index contributed by atoms with van der Waals surface area (Å²) in [5, 5.41) is 15.2. The Kier molecular flexibility index (Phi) is 7.89. The van der Waals surface area contributed by atoms with Gasteiger partial charge in [-0.05, 0) is 51.4 Å². The van der Waals surface area contributed by atoms with Gasteiger partial charge in [-0.1, -0.05) is 6.07 Å². The molecule has 0 radical (unpaired) electrons.